The fourth-order valence-electron chi connectivity index (χ4n) is 3.19. The van der Waals surface area contributed by atoms with Gasteiger partial charge >= 0.3 is 0 Å². The fraction of sp³-hybridized carbons (Fsp3) is 0.273. The Morgan fingerprint density at radius 3 is 2.58 bits per heavy atom. The van der Waals surface area contributed by atoms with E-state index in [-0.39, 0.29) is 5.95 Å². The van der Waals surface area contributed by atoms with Gasteiger partial charge in [-0.05, 0) is 43.2 Å². The average Bonchev–Trinajstić information content (AvgIpc) is 3.03. The number of rotatable bonds is 7. The predicted octanol–water partition coefficient (Wildman–Crippen LogP) is 5.46. The number of halogens is 1. The van der Waals surface area contributed by atoms with Crippen molar-refractivity contribution in [3.8, 4) is 0 Å². The number of aryl methyl sites for hydroxylation is 1. The van der Waals surface area contributed by atoms with Crippen LogP contribution in [0.2, 0.25) is 5.02 Å². The number of thioether (sulfide) groups is 1. The van der Waals surface area contributed by atoms with Crippen molar-refractivity contribution in [2.45, 2.75) is 38.2 Å². The molecule has 0 saturated heterocycles. The van der Waals surface area contributed by atoms with Crippen LogP contribution in [0.15, 0.2) is 47.6 Å². The number of benzene rings is 2. The molecule has 160 valence electrons. The van der Waals surface area contributed by atoms with Crippen LogP contribution in [0.5, 0.6) is 0 Å². The molecular weight excluding hydrogens is 430 g/mol. The van der Waals surface area contributed by atoms with E-state index >= 15 is 0 Å². The van der Waals surface area contributed by atoms with Crippen molar-refractivity contribution in [3.63, 3.8) is 0 Å². The highest BCUT2D eigenvalue weighted by atomic mass is 35.5. The number of imidazole rings is 1. The van der Waals surface area contributed by atoms with E-state index in [1.807, 2.05) is 49.4 Å². The molecule has 3 N–H and O–H groups in total. The zero-order chi connectivity index (χ0) is 22.0. The Morgan fingerprint density at radius 2 is 1.84 bits per heavy atom. The molecule has 0 spiro atoms. The van der Waals surface area contributed by atoms with Crippen molar-refractivity contribution >= 4 is 52.0 Å². The van der Waals surface area contributed by atoms with Crippen molar-refractivity contribution in [2.75, 3.05) is 11.1 Å². The third-order valence-electron chi connectivity index (χ3n) is 4.56. The van der Waals surface area contributed by atoms with Crippen molar-refractivity contribution in [2.24, 2.45) is 5.92 Å². The largest absolute Gasteiger partial charge is 0.368 e. The molecular formula is C22H24ClN7S. The molecule has 0 bridgehead atoms. The van der Waals surface area contributed by atoms with E-state index in [0.29, 0.717) is 28.5 Å². The Kier molecular flexibility index (Phi) is 6.29. The molecule has 2 aromatic carbocycles. The lowest BCUT2D eigenvalue weighted by Gasteiger charge is -2.11. The maximum Gasteiger partial charge on any atom is 0.232 e. The third-order valence-corrected chi connectivity index (χ3v) is 5.77. The molecule has 0 amide bonds. The molecule has 0 aliphatic heterocycles. The zero-order valence-corrected chi connectivity index (χ0v) is 19.2. The second kappa shape index (κ2) is 9.11. The molecule has 7 nitrogen and oxygen atoms in total. The van der Waals surface area contributed by atoms with E-state index in [1.165, 1.54) is 5.56 Å². The maximum atomic E-state index is 6.17. The Bertz CT molecular complexity index is 1200. The zero-order valence-electron chi connectivity index (χ0n) is 17.6. The van der Waals surface area contributed by atoms with Crippen LogP contribution in [0.4, 0.5) is 17.6 Å². The van der Waals surface area contributed by atoms with Gasteiger partial charge in [-0.15, -0.1) is 0 Å². The molecule has 0 saturated carbocycles. The van der Waals surface area contributed by atoms with Crippen LogP contribution >= 0.6 is 23.4 Å². The van der Waals surface area contributed by atoms with Gasteiger partial charge in [0.1, 0.15) is 5.82 Å². The van der Waals surface area contributed by atoms with Gasteiger partial charge in [0.05, 0.1) is 16.8 Å². The summed E-state index contributed by atoms with van der Waals surface area (Å²) < 4.78 is 2.22. The first-order valence-corrected chi connectivity index (χ1v) is 11.4. The molecule has 9 heteroatoms. The summed E-state index contributed by atoms with van der Waals surface area (Å²) in [6, 6.07) is 13.8. The molecule has 4 aromatic rings. The first kappa shape index (κ1) is 21.4. The summed E-state index contributed by atoms with van der Waals surface area (Å²) in [5.41, 5.74) is 9.96. The summed E-state index contributed by atoms with van der Waals surface area (Å²) in [4.78, 5) is 17.8. The minimum Gasteiger partial charge on any atom is -0.368 e. The Balaban J connectivity index is 1.56. The molecule has 0 unspecified atom stereocenters. The number of nitrogens with two attached hydrogens (primary N) is 1. The predicted molar refractivity (Wildman–Crippen MR) is 128 cm³/mol. The van der Waals surface area contributed by atoms with E-state index in [0.717, 1.165) is 28.4 Å². The molecule has 0 aliphatic carbocycles. The highest BCUT2D eigenvalue weighted by Gasteiger charge is 2.14. The minimum absolute atomic E-state index is 0.183. The second-order valence-corrected chi connectivity index (χ2v) is 9.12. The van der Waals surface area contributed by atoms with E-state index in [9.17, 15) is 0 Å². The van der Waals surface area contributed by atoms with Gasteiger partial charge in [-0.2, -0.15) is 15.0 Å². The Hall–Kier alpha value is -2.84. The van der Waals surface area contributed by atoms with Crippen LogP contribution in [0.1, 0.15) is 25.2 Å². The lowest BCUT2D eigenvalue weighted by molar-refractivity contribution is 0.505. The number of anilines is 3. The molecule has 0 aliphatic rings. The number of fused-ring (bicyclic) bond motifs is 1. The average molecular weight is 454 g/mol. The van der Waals surface area contributed by atoms with E-state index in [1.54, 1.807) is 11.8 Å². The van der Waals surface area contributed by atoms with E-state index in [4.69, 9.17) is 22.3 Å². The second-order valence-electron chi connectivity index (χ2n) is 7.75. The number of nitrogens with one attached hydrogen (secondary N) is 1. The van der Waals surface area contributed by atoms with Crippen LogP contribution < -0.4 is 11.1 Å². The highest BCUT2D eigenvalue weighted by molar-refractivity contribution is 7.98. The van der Waals surface area contributed by atoms with Gasteiger partial charge in [0, 0.05) is 17.3 Å². The summed E-state index contributed by atoms with van der Waals surface area (Å²) in [6.07, 6.45) is 0. The number of hydrogen-bond acceptors (Lipinski definition) is 7. The number of hydrogen-bond donors (Lipinski definition) is 2. The molecule has 31 heavy (non-hydrogen) atoms. The van der Waals surface area contributed by atoms with Gasteiger partial charge in [-0.1, -0.05) is 54.9 Å². The quantitative estimate of drug-likeness (QED) is 0.359. The lowest BCUT2D eigenvalue weighted by atomic mass is 10.2. The third kappa shape index (κ3) is 5.26. The van der Waals surface area contributed by atoms with Crippen LogP contribution in [-0.4, -0.2) is 24.5 Å². The van der Waals surface area contributed by atoms with Crippen LogP contribution in [0.3, 0.4) is 0 Å². The molecule has 0 atom stereocenters. The minimum atomic E-state index is 0.183. The topological polar surface area (TPSA) is 94.5 Å². The number of aromatic nitrogens is 5. The summed E-state index contributed by atoms with van der Waals surface area (Å²) in [5, 5.41) is 4.77. The van der Waals surface area contributed by atoms with Crippen LogP contribution in [0, 0.1) is 12.8 Å². The number of nitrogen functional groups attached to an aromatic ring is 1. The van der Waals surface area contributed by atoms with Gasteiger partial charge in [0.2, 0.25) is 11.9 Å². The summed E-state index contributed by atoms with van der Waals surface area (Å²) in [7, 11) is 0. The monoisotopic (exact) mass is 453 g/mol. The van der Waals surface area contributed by atoms with Gasteiger partial charge in [0.25, 0.3) is 0 Å². The van der Waals surface area contributed by atoms with Crippen molar-refractivity contribution < 1.29 is 0 Å². The van der Waals surface area contributed by atoms with E-state index in [2.05, 4.69) is 38.7 Å². The number of nitrogens with zero attached hydrogens (tertiary/aromatic N) is 5. The van der Waals surface area contributed by atoms with Crippen molar-refractivity contribution in [3.05, 3.63) is 58.9 Å². The first-order valence-electron chi connectivity index (χ1n) is 10.00. The van der Waals surface area contributed by atoms with Gasteiger partial charge in [0.15, 0.2) is 5.16 Å². The van der Waals surface area contributed by atoms with Gasteiger partial charge < -0.3 is 15.6 Å². The highest BCUT2D eigenvalue weighted by Crippen LogP contribution is 2.29. The van der Waals surface area contributed by atoms with Gasteiger partial charge in [-0.3, -0.25) is 0 Å². The molecule has 4 rings (SSSR count). The molecule has 2 heterocycles. The van der Waals surface area contributed by atoms with Crippen LogP contribution in [0.25, 0.3) is 11.0 Å². The maximum absolute atomic E-state index is 6.17. The van der Waals surface area contributed by atoms with Gasteiger partial charge in [-0.25, -0.2) is 4.98 Å². The summed E-state index contributed by atoms with van der Waals surface area (Å²) >= 11 is 7.74. The van der Waals surface area contributed by atoms with Crippen molar-refractivity contribution in [1.29, 1.82) is 0 Å². The Morgan fingerprint density at radius 1 is 1.06 bits per heavy atom. The van der Waals surface area contributed by atoms with Crippen LogP contribution in [-0.2, 0) is 12.3 Å². The summed E-state index contributed by atoms with van der Waals surface area (Å²) in [6.45, 7) is 7.28. The normalized spacial score (nSPS) is 11.4. The first-order chi connectivity index (χ1) is 14.9. The SMILES string of the molecule is Cc1ccc(Nc2nc(N)nc(CSc3nc4cc(Cl)ccc4n3CC(C)C)n2)cc1. The summed E-state index contributed by atoms with van der Waals surface area (Å²) in [5.74, 6) is 2.20. The Labute approximate surface area is 190 Å². The lowest BCUT2D eigenvalue weighted by Crippen LogP contribution is -2.08. The standard InChI is InChI=1S/C22H24ClN7S/c1-13(2)11-30-18-9-6-15(23)10-17(18)26-22(30)31-12-19-27-20(24)29-21(28-19)25-16-7-4-14(3)5-8-16/h4-10,13H,11-12H2,1-3H3,(H3,24,25,27,28,29). The fourth-order valence-corrected chi connectivity index (χ4v) is 4.23. The molecule has 2 aromatic heterocycles. The molecule has 0 radical (unpaired) electrons. The van der Waals surface area contributed by atoms with E-state index < -0.39 is 0 Å². The smallest absolute Gasteiger partial charge is 0.232 e. The molecule has 0 fully saturated rings. The van der Waals surface area contributed by atoms with Crippen molar-refractivity contribution in [1.82, 2.24) is 24.5 Å².